The topological polar surface area (TPSA) is 38.3 Å². The number of nitrogens with one attached hydrogen (secondary N) is 1. The molecule has 1 amide bonds. The van der Waals surface area contributed by atoms with Crippen molar-refractivity contribution in [2.45, 2.75) is 19.3 Å². The van der Waals surface area contributed by atoms with Gasteiger partial charge in [0.25, 0.3) is 0 Å². The lowest BCUT2D eigenvalue weighted by Gasteiger charge is -2.10. The first-order valence-electron chi connectivity index (χ1n) is 7.23. The molecule has 19 heavy (non-hydrogen) atoms. The minimum absolute atomic E-state index is 0.233. The van der Waals surface area contributed by atoms with Crippen LogP contribution in [-0.4, -0.2) is 13.0 Å². The molecular weight excluding hydrogens is 238 g/mol. The summed E-state index contributed by atoms with van der Waals surface area (Å²) >= 11 is 0. The number of benzene rings is 1. The third-order valence-electron chi connectivity index (χ3n) is 5.40. The summed E-state index contributed by atoms with van der Waals surface area (Å²) < 4.78 is 5.12. The van der Waals surface area contributed by atoms with Crippen molar-refractivity contribution in [3.63, 3.8) is 0 Å². The van der Waals surface area contributed by atoms with Crippen LogP contribution in [0.15, 0.2) is 24.3 Å². The van der Waals surface area contributed by atoms with Crippen molar-refractivity contribution in [1.82, 2.24) is 0 Å². The summed E-state index contributed by atoms with van der Waals surface area (Å²) in [5.41, 5.74) is 0.878. The van der Waals surface area contributed by atoms with E-state index in [9.17, 15) is 4.79 Å². The standard InChI is InChI=1S/C16H19NO2/c1-19-12-6-4-11(5-7-12)17-16(18)15-13-9-2-3-10(8-9)14(13)15/h4-7,9-10,13-15H,2-3,8H2,1H3,(H,17,18)/t9-,10+,13+,14-,15?. The molecule has 3 aliphatic rings. The fraction of sp³-hybridized carbons (Fsp3) is 0.562. The first-order valence-corrected chi connectivity index (χ1v) is 7.23. The molecule has 3 saturated carbocycles. The summed E-state index contributed by atoms with van der Waals surface area (Å²) in [5.74, 6) is 4.46. The maximum absolute atomic E-state index is 12.3. The third-order valence-corrected chi connectivity index (χ3v) is 5.40. The lowest BCUT2D eigenvalue weighted by atomic mass is 10.0. The zero-order chi connectivity index (χ0) is 13.0. The van der Waals surface area contributed by atoms with Crippen LogP contribution in [0.5, 0.6) is 5.75 Å². The van der Waals surface area contributed by atoms with Crippen LogP contribution in [0.25, 0.3) is 0 Å². The Morgan fingerprint density at radius 1 is 1.16 bits per heavy atom. The minimum atomic E-state index is 0.233. The Morgan fingerprint density at radius 2 is 1.79 bits per heavy atom. The highest BCUT2D eigenvalue weighted by Gasteiger charge is 2.67. The fourth-order valence-corrected chi connectivity index (χ4v) is 4.58. The zero-order valence-electron chi connectivity index (χ0n) is 11.1. The predicted octanol–water partition coefficient (Wildman–Crippen LogP) is 2.93. The summed E-state index contributed by atoms with van der Waals surface area (Å²) in [7, 11) is 1.65. The van der Waals surface area contributed by atoms with Gasteiger partial charge in [-0.15, -0.1) is 0 Å². The Hall–Kier alpha value is -1.51. The Labute approximate surface area is 113 Å². The van der Waals surface area contributed by atoms with Gasteiger partial charge in [-0.2, -0.15) is 0 Å². The second-order valence-electron chi connectivity index (χ2n) is 6.23. The maximum atomic E-state index is 12.3. The van der Waals surface area contributed by atoms with E-state index in [1.54, 1.807) is 7.11 Å². The highest BCUT2D eigenvalue weighted by atomic mass is 16.5. The largest absolute Gasteiger partial charge is 0.497 e. The molecule has 0 radical (unpaired) electrons. The molecule has 0 saturated heterocycles. The van der Waals surface area contributed by atoms with Gasteiger partial charge in [0.2, 0.25) is 5.91 Å². The van der Waals surface area contributed by atoms with Gasteiger partial charge in [0.05, 0.1) is 7.11 Å². The first kappa shape index (κ1) is 11.3. The molecule has 1 N–H and O–H groups in total. The molecule has 0 aromatic heterocycles. The van der Waals surface area contributed by atoms with E-state index in [2.05, 4.69) is 5.32 Å². The summed E-state index contributed by atoms with van der Waals surface area (Å²) in [6, 6.07) is 7.58. The molecule has 1 aromatic carbocycles. The molecule has 3 heteroatoms. The van der Waals surface area contributed by atoms with Crippen LogP contribution in [0.4, 0.5) is 5.69 Å². The van der Waals surface area contributed by atoms with Crippen LogP contribution < -0.4 is 10.1 Å². The molecule has 0 heterocycles. The normalized spacial score (nSPS) is 37.8. The number of anilines is 1. The van der Waals surface area contributed by atoms with Gasteiger partial charge < -0.3 is 10.1 Å². The van der Waals surface area contributed by atoms with Gasteiger partial charge in [0, 0.05) is 11.6 Å². The Balaban J connectivity index is 1.42. The first-order chi connectivity index (χ1) is 9.28. The summed E-state index contributed by atoms with van der Waals surface area (Å²) in [6.07, 6.45) is 4.11. The van der Waals surface area contributed by atoms with Gasteiger partial charge in [-0.25, -0.2) is 0 Å². The number of hydrogen-bond donors (Lipinski definition) is 1. The Morgan fingerprint density at radius 3 is 2.37 bits per heavy atom. The van der Waals surface area contributed by atoms with Gasteiger partial charge in [-0.05, 0) is 67.2 Å². The van der Waals surface area contributed by atoms with Gasteiger partial charge in [0.15, 0.2) is 0 Å². The van der Waals surface area contributed by atoms with Crippen LogP contribution in [0.3, 0.4) is 0 Å². The number of amides is 1. The molecule has 100 valence electrons. The van der Waals surface area contributed by atoms with E-state index in [0.29, 0.717) is 17.8 Å². The summed E-state index contributed by atoms with van der Waals surface area (Å²) in [5, 5.41) is 3.06. The van der Waals surface area contributed by atoms with Crippen molar-refractivity contribution < 1.29 is 9.53 Å². The van der Waals surface area contributed by atoms with Gasteiger partial charge in [0.1, 0.15) is 5.75 Å². The summed E-state index contributed by atoms with van der Waals surface area (Å²) in [6.45, 7) is 0. The van der Waals surface area contributed by atoms with Crippen molar-refractivity contribution in [2.24, 2.45) is 29.6 Å². The van der Waals surface area contributed by atoms with E-state index in [4.69, 9.17) is 4.74 Å². The van der Waals surface area contributed by atoms with Gasteiger partial charge >= 0.3 is 0 Å². The van der Waals surface area contributed by atoms with Crippen LogP contribution in [0.1, 0.15) is 19.3 Å². The van der Waals surface area contributed by atoms with E-state index < -0.39 is 0 Å². The van der Waals surface area contributed by atoms with Crippen molar-refractivity contribution in [3.05, 3.63) is 24.3 Å². The van der Waals surface area contributed by atoms with Crippen molar-refractivity contribution in [2.75, 3.05) is 12.4 Å². The number of hydrogen-bond acceptors (Lipinski definition) is 2. The van der Waals surface area contributed by atoms with E-state index in [1.807, 2.05) is 24.3 Å². The predicted molar refractivity (Wildman–Crippen MR) is 72.9 cm³/mol. The molecule has 3 fully saturated rings. The molecule has 0 aliphatic heterocycles. The number of carbonyl (C=O) groups is 1. The number of carbonyl (C=O) groups excluding carboxylic acids is 1. The van der Waals surface area contributed by atoms with Crippen LogP contribution >= 0.6 is 0 Å². The molecule has 0 spiro atoms. The molecular formula is C16H19NO2. The fourth-order valence-electron chi connectivity index (χ4n) is 4.58. The van der Waals surface area contributed by atoms with Gasteiger partial charge in [-0.3, -0.25) is 4.79 Å². The molecule has 4 rings (SSSR count). The van der Waals surface area contributed by atoms with Crippen molar-refractivity contribution in [1.29, 1.82) is 0 Å². The average Bonchev–Trinajstić information content (AvgIpc) is 2.89. The number of rotatable bonds is 3. The monoisotopic (exact) mass is 257 g/mol. The van der Waals surface area contributed by atoms with E-state index >= 15 is 0 Å². The van der Waals surface area contributed by atoms with Gasteiger partial charge in [-0.1, -0.05) is 0 Å². The number of methoxy groups -OCH3 is 1. The van der Waals surface area contributed by atoms with E-state index in [1.165, 1.54) is 19.3 Å². The van der Waals surface area contributed by atoms with E-state index in [-0.39, 0.29) is 5.91 Å². The van der Waals surface area contributed by atoms with E-state index in [0.717, 1.165) is 23.3 Å². The second kappa shape index (κ2) is 3.99. The van der Waals surface area contributed by atoms with Crippen LogP contribution in [0.2, 0.25) is 0 Å². The Bertz CT molecular complexity index is 494. The highest BCUT2D eigenvalue weighted by Crippen LogP contribution is 2.69. The molecule has 3 nitrogen and oxygen atoms in total. The number of ether oxygens (including phenoxy) is 1. The highest BCUT2D eigenvalue weighted by molar-refractivity contribution is 5.95. The van der Waals surface area contributed by atoms with Crippen LogP contribution in [-0.2, 0) is 4.79 Å². The molecule has 2 bridgehead atoms. The maximum Gasteiger partial charge on any atom is 0.228 e. The minimum Gasteiger partial charge on any atom is -0.497 e. The smallest absolute Gasteiger partial charge is 0.228 e. The Kier molecular flexibility index (Phi) is 2.38. The van der Waals surface area contributed by atoms with Crippen molar-refractivity contribution in [3.8, 4) is 5.75 Å². The van der Waals surface area contributed by atoms with Crippen molar-refractivity contribution >= 4 is 11.6 Å². The zero-order valence-corrected chi connectivity index (χ0v) is 11.1. The number of fused-ring (bicyclic) bond motifs is 5. The molecule has 1 aromatic rings. The SMILES string of the molecule is COc1ccc(NC(=O)C2[C@@H]3[C@H]4CC[C@H](C4)[C@H]23)cc1. The third kappa shape index (κ3) is 1.67. The lowest BCUT2D eigenvalue weighted by Crippen LogP contribution is -2.18. The molecule has 5 atom stereocenters. The lowest BCUT2D eigenvalue weighted by molar-refractivity contribution is -0.118. The quantitative estimate of drug-likeness (QED) is 0.904. The van der Waals surface area contributed by atoms with Crippen LogP contribution in [0, 0.1) is 29.6 Å². The molecule has 3 aliphatic carbocycles. The second-order valence-corrected chi connectivity index (χ2v) is 6.23. The average molecular weight is 257 g/mol. The summed E-state index contributed by atoms with van der Waals surface area (Å²) in [4.78, 5) is 12.3. The molecule has 1 unspecified atom stereocenters.